The monoisotopic (exact) mass is 383 g/mol. The molecule has 0 radical (unpaired) electrons. The van der Waals surface area contributed by atoms with Gasteiger partial charge in [0.15, 0.2) is 0 Å². The normalized spacial score (nSPS) is 19.2. The molecule has 28 heavy (non-hydrogen) atoms. The number of hydrogen-bond acceptors (Lipinski definition) is 4. The van der Waals surface area contributed by atoms with Crippen LogP contribution < -0.4 is 10.6 Å². The average Bonchev–Trinajstić information content (AvgIpc) is 3.12. The summed E-state index contributed by atoms with van der Waals surface area (Å²) in [4.78, 5) is 27.2. The van der Waals surface area contributed by atoms with Crippen molar-refractivity contribution in [1.82, 2.24) is 20.0 Å². The average molecular weight is 383 g/mol. The van der Waals surface area contributed by atoms with Gasteiger partial charge in [0.2, 0.25) is 11.8 Å². The van der Waals surface area contributed by atoms with E-state index in [1.807, 2.05) is 57.7 Å². The van der Waals surface area contributed by atoms with Gasteiger partial charge in [-0.1, -0.05) is 17.7 Å². The lowest BCUT2D eigenvalue weighted by atomic mass is 9.88. The van der Waals surface area contributed by atoms with E-state index in [1.54, 1.807) is 9.58 Å². The first kappa shape index (κ1) is 20.1. The number of likely N-dealkylation sites (N-methyl/N-ethyl adjacent to an activating group) is 1. The van der Waals surface area contributed by atoms with E-state index in [0.29, 0.717) is 26.1 Å². The molecule has 0 bridgehead atoms. The number of anilines is 1. The second kappa shape index (κ2) is 9.01. The van der Waals surface area contributed by atoms with Crippen molar-refractivity contribution in [3.63, 3.8) is 0 Å². The van der Waals surface area contributed by atoms with Crippen molar-refractivity contribution in [2.75, 3.05) is 32.0 Å². The molecule has 0 unspecified atom stereocenters. The van der Waals surface area contributed by atoms with Crippen molar-refractivity contribution in [1.29, 1.82) is 0 Å². The van der Waals surface area contributed by atoms with E-state index in [0.717, 1.165) is 23.2 Å². The lowest BCUT2D eigenvalue weighted by Crippen LogP contribution is -2.47. The molecule has 0 spiro atoms. The maximum Gasteiger partial charge on any atom is 0.228 e. The van der Waals surface area contributed by atoms with Crippen molar-refractivity contribution >= 4 is 17.5 Å². The van der Waals surface area contributed by atoms with Crippen LogP contribution in [0.4, 0.5) is 5.69 Å². The zero-order chi connectivity index (χ0) is 20.1. The Bertz CT molecular complexity index is 814. The minimum Gasteiger partial charge on any atom is -0.345 e. The summed E-state index contributed by atoms with van der Waals surface area (Å²) >= 11 is 0. The summed E-state index contributed by atoms with van der Waals surface area (Å²) in [6.07, 6.45) is 5.13. The van der Waals surface area contributed by atoms with Crippen LogP contribution in [0.15, 0.2) is 36.7 Å². The Morgan fingerprint density at radius 1 is 1.25 bits per heavy atom. The Balaban J connectivity index is 1.51. The summed E-state index contributed by atoms with van der Waals surface area (Å²) in [7, 11) is 3.71. The molecular formula is C21H29N5O2. The van der Waals surface area contributed by atoms with E-state index < -0.39 is 0 Å². The molecule has 1 aliphatic rings. The van der Waals surface area contributed by atoms with Crippen LogP contribution in [0.1, 0.15) is 17.5 Å². The van der Waals surface area contributed by atoms with Crippen LogP contribution in [0, 0.1) is 18.8 Å². The highest BCUT2D eigenvalue weighted by molar-refractivity contribution is 5.93. The second-order valence-electron chi connectivity index (χ2n) is 7.68. The first-order chi connectivity index (χ1) is 13.4. The summed E-state index contributed by atoms with van der Waals surface area (Å²) in [5, 5.41) is 10.4. The number of amides is 2. The fourth-order valence-electron chi connectivity index (χ4n) is 3.53. The van der Waals surface area contributed by atoms with E-state index in [9.17, 15) is 9.59 Å². The Morgan fingerprint density at radius 3 is 2.64 bits per heavy atom. The van der Waals surface area contributed by atoms with Gasteiger partial charge in [-0.2, -0.15) is 5.10 Å². The third-order valence-electron chi connectivity index (χ3n) is 5.26. The summed E-state index contributed by atoms with van der Waals surface area (Å²) in [5.74, 6) is -0.340. The minimum absolute atomic E-state index is 0.0353. The van der Waals surface area contributed by atoms with Crippen molar-refractivity contribution in [3.8, 4) is 0 Å². The van der Waals surface area contributed by atoms with E-state index in [2.05, 4.69) is 15.7 Å². The second-order valence-corrected chi connectivity index (χ2v) is 7.68. The first-order valence-electron chi connectivity index (χ1n) is 9.73. The van der Waals surface area contributed by atoms with Gasteiger partial charge in [0.1, 0.15) is 0 Å². The summed E-state index contributed by atoms with van der Waals surface area (Å²) in [5.41, 5.74) is 3.05. The predicted molar refractivity (Wildman–Crippen MR) is 109 cm³/mol. The van der Waals surface area contributed by atoms with Gasteiger partial charge in [-0.05, 0) is 37.5 Å². The van der Waals surface area contributed by atoms with Crippen LogP contribution in [0.25, 0.3) is 0 Å². The molecular weight excluding hydrogens is 354 g/mol. The molecule has 2 aromatic rings. The Labute approximate surface area is 166 Å². The quantitative estimate of drug-likeness (QED) is 0.794. The van der Waals surface area contributed by atoms with Crippen molar-refractivity contribution in [2.24, 2.45) is 18.9 Å². The van der Waals surface area contributed by atoms with Crippen molar-refractivity contribution in [3.05, 3.63) is 47.8 Å². The molecule has 1 saturated heterocycles. The SMILES string of the molecule is Cc1ccc(NC(=O)[C@@H]2CNC[C@H](C(=O)N(C)CCc3cnn(C)c3)C2)cc1. The maximum atomic E-state index is 12.8. The predicted octanol–water partition coefficient (Wildman–Crippen LogP) is 1.59. The first-order valence-corrected chi connectivity index (χ1v) is 9.73. The maximum absolute atomic E-state index is 12.8. The number of carbonyl (C=O) groups excluding carboxylic acids is 2. The van der Waals surface area contributed by atoms with Gasteiger partial charge in [0, 0.05) is 45.6 Å². The standard InChI is InChI=1S/C21H29N5O2/c1-15-4-6-19(7-5-15)24-20(27)17-10-18(13-22-12-17)21(28)25(2)9-8-16-11-23-26(3)14-16/h4-7,11,14,17-18,22H,8-10,12-13H2,1-3H3,(H,24,27)/t17-,18+/m0/s1. The Morgan fingerprint density at radius 2 is 1.96 bits per heavy atom. The largest absolute Gasteiger partial charge is 0.345 e. The van der Waals surface area contributed by atoms with Crippen LogP contribution in [-0.4, -0.2) is 53.2 Å². The molecule has 150 valence electrons. The molecule has 3 rings (SSSR count). The van der Waals surface area contributed by atoms with Crippen LogP contribution >= 0.6 is 0 Å². The highest BCUT2D eigenvalue weighted by Gasteiger charge is 2.32. The summed E-state index contributed by atoms with van der Waals surface area (Å²) in [6.45, 7) is 3.87. The number of aromatic nitrogens is 2. The van der Waals surface area contributed by atoms with Crippen molar-refractivity contribution < 1.29 is 9.59 Å². The number of nitrogens with one attached hydrogen (secondary N) is 2. The molecule has 1 aromatic heterocycles. The highest BCUT2D eigenvalue weighted by Crippen LogP contribution is 2.21. The lowest BCUT2D eigenvalue weighted by molar-refractivity contribution is -0.135. The van der Waals surface area contributed by atoms with Gasteiger partial charge >= 0.3 is 0 Å². The molecule has 2 amide bonds. The fraction of sp³-hybridized carbons (Fsp3) is 0.476. The smallest absolute Gasteiger partial charge is 0.228 e. The van der Waals surface area contributed by atoms with Gasteiger partial charge in [0.25, 0.3) is 0 Å². The molecule has 1 aromatic carbocycles. The van der Waals surface area contributed by atoms with Gasteiger partial charge in [-0.3, -0.25) is 14.3 Å². The Hall–Kier alpha value is -2.67. The lowest BCUT2D eigenvalue weighted by Gasteiger charge is -2.31. The van der Waals surface area contributed by atoms with Gasteiger partial charge in [-0.15, -0.1) is 0 Å². The highest BCUT2D eigenvalue weighted by atomic mass is 16.2. The van der Waals surface area contributed by atoms with Gasteiger partial charge in [-0.25, -0.2) is 0 Å². The van der Waals surface area contributed by atoms with Crippen LogP contribution in [0.2, 0.25) is 0 Å². The molecule has 0 saturated carbocycles. The zero-order valence-electron chi connectivity index (χ0n) is 16.8. The summed E-state index contributed by atoms with van der Waals surface area (Å²) < 4.78 is 1.76. The molecule has 0 aliphatic carbocycles. The van der Waals surface area contributed by atoms with E-state index >= 15 is 0 Å². The zero-order valence-corrected chi connectivity index (χ0v) is 16.8. The number of benzene rings is 1. The van der Waals surface area contributed by atoms with E-state index in [4.69, 9.17) is 0 Å². The van der Waals surface area contributed by atoms with Gasteiger partial charge in [0.05, 0.1) is 18.0 Å². The molecule has 1 aliphatic heterocycles. The number of nitrogens with zero attached hydrogens (tertiary/aromatic N) is 3. The molecule has 2 heterocycles. The number of aryl methyl sites for hydroxylation is 2. The third-order valence-corrected chi connectivity index (χ3v) is 5.26. The Kier molecular flexibility index (Phi) is 6.46. The number of piperidine rings is 1. The third kappa shape index (κ3) is 5.19. The number of carbonyl (C=O) groups is 2. The number of rotatable bonds is 6. The topological polar surface area (TPSA) is 79.3 Å². The summed E-state index contributed by atoms with van der Waals surface area (Å²) in [6, 6.07) is 7.74. The van der Waals surface area contributed by atoms with Crippen LogP contribution in [0.3, 0.4) is 0 Å². The molecule has 7 heteroatoms. The molecule has 1 fully saturated rings. The van der Waals surface area contributed by atoms with Gasteiger partial charge < -0.3 is 15.5 Å². The van der Waals surface area contributed by atoms with Crippen molar-refractivity contribution in [2.45, 2.75) is 19.8 Å². The molecule has 2 atom stereocenters. The van der Waals surface area contributed by atoms with E-state index in [1.165, 1.54) is 0 Å². The number of hydrogen-bond donors (Lipinski definition) is 2. The van der Waals surface area contributed by atoms with E-state index in [-0.39, 0.29) is 23.7 Å². The fourth-order valence-corrected chi connectivity index (χ4v) is 3.53. The van der Waals surface area contributed by atoms with Crippen LogP contribution in [0.5, 0.6) is 0 Å². The van der Waals surface area contributed by atoms with Crippen LogP contribution in [-0.2, 0) is 23.1 Å². The molecule has 7 nitrogen and oxygen atoms in total. The minimum atomic E-state index is -0.212. The molecule has 2 N–H and O–H groups in total.